The molecule has 0 aromatic rings. The SMILES string of the molecule is CC/C=C\C/C=C\C/C=C\C/C=C\C/C=C\CCCC(=O)OC(COC(=O)CCCCCCCC/C=C\C/C=C\C/C=C\CCCCC)COC1OC(C(=O)O)C(O)C(O)C1OC(=O)CCCCCCC/C=C\C/C=C\CCCCC. The second-order valence-corrected chi connectivity index (χ2v) is 20.9. The van der Waals surface area contributed by atoms with E-state index >= 15 is 0 Å². The molecule has 0 radical (unpaired) electrons. The van der Waals surface area contributed by atoms with Crippen LogP contribution in [-0.4, -0.2) is 89.2 Å². The van der Waals surface area contributed by atoms with Crippen LogP contribution in [0.4, 0.5) is 0 Å². The van der Waals surface area contributed by atoms with Gasteiger partial charge in [0.1, 0.15) is 18.8 Å². The van der Waals surface area contributed by atoms with Gasteiger partial charge in [-0.15, -0.1) is 0 Å². The van der Waals surface area contributed by atoms with E-state index in [0.717, 1.165) is 128 Å². The van der Waals surface area contributed by atoms with Gasteiger partial charge < -0.3 is 39.0 Å². The van der Waals surface area contributed by atoms with Gasteiger partial charge in [0.05, 0.1) is 6.61 Å². The summed E-state index contributed by atoms with van der Waals surface area (Å²) in [4.78, 5) is 51.3. The highest BCUT2D eigenvalue weighted by Gasteiger charge is 2.50. The Labute approximate surface area is 490 Å². The molecule has 12 nitrogen and oxygen atoms in total. The van der Waals surface area contributed by atoms with Crippen LogP contribution in [0.5, 0.6) is 0 Å². The van der Waals surface area contributed by atoms with Crippen molar-refractivity contribution in [2.75, 3.05) is 13.2 Å². The number of carbonyl (C=O) groups is 4. The first-order valence-electron chi connectivity index (χ1n) is 31.5. The van der Waals surface area contributed by atoms with Gasteiger partial charge in [-0.1, -0.05) is 213 Å². The molecule has 0 spiro atoms. The van der Waals surface area contributed by atoms with E-state index < -0.39 is 67.3 Å². The smallest absolute Gasteiger partial charge is 0.335 e. The number of carboxylic acids is 1. The maximum Gasteiger partial charge on any atom is 0.335 e. The monoisotopic (exact) mass is 1130 g/mol. The third kappa shape index (κ3) is 45.3. The molecule has 81 heavy (non-hydrogen) atoms. The van der Waals surface area contributed by atoms with Crippen molar-refractivity contribution in [3.05, 3.63) is 122 Å². The van der Waals surface area contributed by atoms with Crippen molar-refractivity contribution in [2.24, 2.45) is 0 Å². The number of allylic oxidation sites excluding steroid dienone is 20. The maximum absolute atomic E-state index is 13.2. The van der Waals surface area contributed by atoms with E-state index in [1.807, 2.05) is 12.2 Å². The van der Waals surface area contributed by atoms with Gasteiger partial charge in [-0.3, -0.25) is 14.4 Å². The molecule has 1 rings (SSSR count). The minimum atomic E-state index is -1.93. The van der Waals surface area contributed by atoms with Crippen LogP contribution in [0.15, 0.2) is 122 Å². The van der Waals surface area contributed by atoms with Crippen LogP contribution in [0, 0.1) is 0 Å². The van der Waals surface area contributed by atoms with E-state index in [-0.39, 0.29) is 25.9 Å². The molecule has 6 atom stereocenters. The number of esters is 3. The Kier molecular flexibility index (Phi) is 50.9. The molecule has 1 saturated heterocycles. The number of unbranched alkanes of at least 4 members (excludes halogenated alkanes) is 18. The van der Waals surface area contributed by atoms with E-state index in [1.165, 1.54) is 44.9 Å². The largest absolute Gasteiger partial charge is 0.479 e. The van der Waals surface area contributed by atoms with Gasteiger partial charge in [-0.05, 0) is 128 Å². The van der Waals surface area contributed by atoms with E-state index in [2.05, 4.69) is 130 Å². The summed E-state index contributed by atoms with van der Waals surface area (Å²) in [6.45, 7) is 5.76. The standard InChI is InChI=1S/C69H110O12/c1-4-7-10-13-16-19-22-25-28-30-31-33-35-37-40-43-46-49-52-55-61(70)77-58-60(79-62(71)56-53-50-47-44-41-39-36-32-29-26-23-20-17-14-11-8-5-2)59-78-69-67(65(74)64(73)66(81-69)68(75)76)80-63(72)57-54-51-48-45-42-38-34-27-24-21-18-15-12-9-6-3/h8,11,16-21,25-29,31,33-34,36,39,44,47,60,64-67,69,73-74H,4-7,9-10,12-15,22-24,30,32,35,37-38,40-43,45-46,48-59H2,1-3H3,(H,75,76)/b11-8-,19-16-,20-17-,21-18-,28-25-,29-26-,33-31-,34-27-,39-36-,47-44-. The van der Waals surface area contributed by atoms with Crippen LogP contribution in [0.2, 0.25) is 0 Å². The number of rotatable bonds is 52. The first kappa shape index (κ1) is 74.1. The average Bonchev–Trinajstić information content (AvgIpc) is 3.52. The summed E-state index contributed by atoms with van der Waals surface area (Å²) < 4.78 is 28.4. The summed E-state index contributed by atoms with van der Waals surface area (Å²) in [5, 5.41) is 31.5. The van der Waals surface area contributed by atoms with Gasteiger partial charge in [0.25, 0.3) is 0 Å². The molecule has 3 N–H and O–H groups in total. The summed E-state index contributed by atoms with van der Waals surface area (Å²) in [6.07, 6.45) is 64.4. The summed E-state index contributed by atoms with van der Waals surface area (Å²) >= 11 is 0. The molecule has 0 bridgehead atoms. The Morgan fingerprint density at radius 3 is 1.22 bits per heavy atom. The topological polar surface area (TPSA) is 175 Å². The number of aliphatic hydroxyl groups is 2. The molecule has 1 heterocycles. The first-order chi connectivity index (χ1) is 39.6. The quantitative estimate of drug-likeness (QED) is 0.0228. The number of aliphatic hydroxyl groups excluding tert-OH is 2. The molecule has 0 amide bonds. The second-order valence-electron chi connectivity index (χ2n) is 20.9. The molecule has 0 aliphatic carbocycles. The number of ether oxygens (including phenoxy) is 5. The highest BCUT2D eigenvalue weighted by atomic mass is 16.7. The summed E-state index contributed by atoms with van der Waals surface area (Å²) in [5.41, 5.74) is 0. The predicted molar refractivity (Wildman–Crippen MR) is 330 cm³/mol. The molecule has 0 aromatic carbocycles. The third-order valence-corrected chi connectivity index (χ3v) is 13.5. The maximum atomic E-state index is 13.2. The van der Waals surface area contributed by atoms with Crippen LogP contribution in [0.3, 0.4) is 0 Å². The Balaban J connectivity index is 2.74. The molecule has 0 aromatic heterocycles. The first-order valence-corrected chi connectivity index (χ1v) is 31.5. The molecule has 1 aliphatic heterocycles. The van der Waals surface area contributed by atoms with Gasteiger partial charge >= 0.3 is 23.9 Å². The highest BCUT2D eigenvalue weighted by molar-refractivity contribution is 5.74. The molecular formula is C69H110O12. The molecule has 0 saturated carbocycles. The second kappa shape index (κ2) is 55.6. The summed E-state index contributed by atoms with van der Waals surface area (Å²) in [5.74, 6) is -3.25. The van der Waals surface area contributed by atoms with Crippen molar-refractivity contribution < 1.29 is 58.2 Å². The van der Waals surface area contributed by atoms with Crippen molar-refractivity contribution in [2.45, 2.75) is 276 Å². The van der Waals surface area contributed by atoms with Gasteiger partial charge in [0.15, 0.2) is 24.6 Å². The normalized spacial score (nSPS) is 18.6. The van der Waals surface area contributed by atoms with E-state index in [4.69, 9.17) is 23.7 Å². The number of hydrogen-bond donors (Lipinski definition) is 3. The minimum Gasteiger partial charge on any atom is -0.479 e. The van der Waals surface area contributed by atoms with E-state index in [1.54, 1.807) is 0 Å². The summed E-state index contributed by atoms with van der Waals surface area (Å²) in [6, 6.07) is 0. The number of carbonyl (C=O) groups excluding carboxylic acids is 3. The predicted octanol–water partition coefficient (Wildman–Crippen LogP) is 16.8. The van der Waals surface area contributed by atoms with Crippen molar-refractivity contribution in [1.82, 2.24) is 0 Å². The van der Waals surface area contributed by atoms with Crippen molar-refractivity contribution in [3.8, 4) is 0 Å². The zero-order valence-electron chi connectivity index (χ0n) is 50.5. The van der Waals surface area contributed by atoms with Crippen molar-refractivity contribution in [3.63, 3.8) is 0 Å². The number of hydrogen-bond acceptors (Lipinski definition) is 11. The molecule has 6 unspecified atom stereocenters. The van der Waals surface area contributed by atoms with Crippen LogP contribution in [-0.2, 0) is 42.9 Å². The fourth-order valence-corrected chi connectivity index (χ4v) is 8.67. The zero-order valence-corrected chi connectivity index (χ0v) is 50.5. The van der Waals surface area contributed by atoms with Crippen LogP contribution < -0.4 is 0 Å². The van der Waals surface area contributed by atoms with Gasteiger partial charge in [-0.2, -0.15) is 0 Å². The lowest BCUT2D eigenvalue weighted by atomic mass is 9.98. The fraction of sp³-hybridized carbons (Fsp3) is 0.652. The van der Waals surface area contributed by atoms with Crippen LogP contribution >= 0.6 is 0 Å². The van der Waals surface area contributed by atoms with Gasteiger partial charge in [0, 0.05) is 19.3 Å². The van der Waals surface area contributed by atoms with Crippen LogP contribution in [0.25, 0.3) is 0 Å². The number of aliphatic carboxylic acids is 1. The van der Waals surface area contributed by atoms with Crippen molar-refractivity contribution >= 4 is 23.9 Å². The Morgan fingerprint density at radius 1 is 0.420 bits per heavy atom. The van der Waals surface area contributed by atoms with E-state index in [9.17, 15) is 34.5 Å². The lowest BCUT2D eigenvalue weighted by Gasteiger charge is -2.40. The molecule has 1 aliphatic rings. The van der Waals surface area contributed by atoms with Gasteiger partial charge in [0.2, 0.25) is 0 Å². The Bertz CT molecular complexity index is 1870. The Morgan fingerprint density at radius 2 is 0.790 bits per heavy atom. The van der Waals surface area contributed by atoms with Crippen LogP contribution in [0.1, 0.15) is 239 Å². The fourth-order valence-electron chi connectivity index (χ4n) is 8.67. The summed E-state index contributed by atoms with van der Waals surface area (Å²) in [7, 11) is 0. The number of carboxylic acid groups (broad SMARTS) is 1. The molecular weight excluding hydrogens is 1020 g/mol. The van der Waals surface area contributed by atoms with E-state index in [0.29, 0.717) is 25.7 Å². The van der Waals surface area contributed by atoms with Crippen molar-refractivity contribution in [1.29, 1.82) is 0 Å². The molecule has 458 valence electrons. The minimum absolute atomic E-state index is 0.0303. The Hall–Kier alpha value is -4.88. The average molecular weight is 1130 g/mol. The van der Waals surface area contributed by atoms with Gasteiger partial charge in [-0.25, -0.2) is 4.79 Å². The molecule has 12 heteroatoms. The molecule has 1 fully saturated rings. The third-order valence-electron chi connectivity index (χ3n) is 13.5. The lowest BCUT2D eigenvalue weighted by Crippen LogP contribution is -2.61. The highest BCUT2D eigenvalue weighted by Crippen LogP contribution is 2.26. The lowest BCUT2D eigenvalue weighted by molar-refractivity contribution is -0.301. The zero-order chi connectivity index (χ0) is 58.9.